The monoisotopic (exact) mass is 382 g/mol. The van der Waals surface area contributed by atoms with E-state index in [0.717, 1.165) is 10.2 Å². The van der Waals surface area contributed by atoms with E-state index in [-0.39, 0.29) is 18.0 Å². The highest BCUT2D eigenvalue weighted by molar-refractivity contribution is 6.34. The highest BCUT2D eigenvalue weighted by Gasteiger charge is 2.13. The van der Waals surface area contributed by atoms with E-state index in [0.29, 0.717) is 22.1 Å². The number of halogens is 1. The van der Waals surface area contributed by atoms with Crippen molar-refractivity contribution in [3.8, 4) is 11.3 Å². The third kappa shape index (κ3) is 4.35. The summed E-state index contributed by atoms with van der Waals surface area (Å²) in [6.07, 6.45) is 0. The quantitative estimate of drug-likeness (QED) is 0.735. The van der Waals surface area contributed by atoms with Crippen LogP contribution in [0, 0.1) is 0 Å². The summed E-state index contributed by atoms with van der Waals surface area (Å²) in [5.41, 5.74) is 2.43. The summed E-state index contributed by atoms with van der Waals surface area (Å²) in [4.78, 5) is 26.4. The standard InChI is InChI=1S/C20H19ClN4O2/c1-24(2)20-15(21)9-6-10-17(20)22-18(26)13-25-19(27)12-11-16(23-25)14-7-4-3-5-8-14/h3-12H,13H2,1-2H3,(H,22,26). The molecule has 0 unspecified atom stereocenters. The molecule has 0 aliphatic heterocycles. The molecule has 1 heterocycles. The van der Waals surface area contributed by atoms with Gasteiger partial charge in [-0.2, -0.15) is 5.10 Å². The topological polar surface area (TPSA) is 67.2 Å². The van der Waals surface area contributed by atoms with Crippen molar-refractivity contribution in [2.24, 2.45) is 0 Å². The summed E-state index contributed by atoms with van der Waals surface area (Å²) in [6.45, 7) is -0.196. The van der Waals surface area contributed by atoms with Crippen molar-refractivity contribution in [1.29, 1.82) is 0 Å². The third-order valence-electron chi connectivity index (χ3n) is 3.94. The van der Waals surface area contributed by atoms with Crippen LogP contribution in [0.15, 0.2) is 65.5 Å². The molecule has 1 amide bonds. The van der Waals surface area contributed by atoms with Gasteiger partial charge in [0.05, 0.1) is 22.1 Å². The molecule has 2 aromatic carbocycles. The average Bonchev–Trinajstić information content (AvgIpc) is 2.64. The summed E-state index contributed by atoms with van der Waals surface area (Å²) >= 11 is 6.22. The highest BCUT2D eigenvalue weighted by atomic mass is 35.5. The van der Waals surface area contributed by atoms with Crippen LogP contribution < -0.4 is 15.8 Å². The molecule has 3 aromatic rings. The highest BCUT2D eigenvalue weighted by Crippen LogP contribution is 2.32. The van der Waals surface area contributed by atoms with E-state index < -0.39 is 0 Å². The van der Waals surface area contributed by atoms with E-state index in [4.69, 9.17) is 11.6 Å². The second-order valence-electron chi connectivity index (χ2n) is 6.16. The number of rotatable bonds is 5. The first kappa shape index (κ1) is 18.7. The maximum atomic E-state index is 12.5. The Labute approximate surface area is 162 Å². The lowest BCUT2D eigenvalue weighted by atomic mass is 10.1. The van der Waals surface area contributed by atoms with Crippen molar-refractivity contribution < 1.29 is 4.79 Å². The summed E-state index contributed by atoms with van der Waals surface area (Å²) in [5, 5.41) is 7.64. The summed E-state index contributed by atoms with van der Waals surface area (Å²) < 4.78 is 1.15. The fourth-order valence-electron chi connectivity index (χ4n) is 2.72. The first-order valence-corrected chi connectivity index (χ1v) is 8.73. The van der Waals surface area contributed by atoms with Crippen LogP contribution in [0.2, 0.25) is 5.02 Å². The lowest BCUT2D eigenvalue weighted by molar-refractivity contribution is -0.117. The van der Waals surface area contributed by atoms with Gasteiger partial charge >= 0.3 is 0 Å². The zero-order valence-corrected chi connectivity index (χ0v) is 15.8. The number of anilines is 2. The summed E-state index contributed by atoms with van der Waals surface area (Å²) in [7, 11) is 3.68. The fraction of sp³-hybridized carbons (Fsp3) is 0.150. The minimum absolute atomic E-state index is 0.196. The van der Waals surface area contributed by atoms with Crippen LogP contribution in [0.1, 0.15) is 0 Å². The number of amides is 1. The van der Waals surface area contributed by atoms with Crippen LogP contribution in [0.5, 0.6) is 0 Å². The molecular formula is C20H19ClN4O2. The number of carbonyl (C=O) groups excluding carboxylic acids is 1. The van der Waals surface area contributed by atoms with E-state index in [1.807, 2.05) is 49.3 Å². The molecule has 0 saturated heterocycles. The van der Waals surface area contributed by atoms with E-state index in [1.165, 1.54) is 6.07 Å². The number of benzene rings is 2. The van der Waals surface area contributed by atoms with Crippen LogP contribution in [0.3, 0.4) is 0 Å². The minimum atomic E-state index is -0.361. The molecule has 7 heteroatoms. The van der Waals surface area contributed by atoms with Gasteiger partial charge in [-0.25, -0.2) is 4.68 Å². The van der Waals surface area contributed by atoms with Gasteiger partial charge in [0, 0.05) is 25.7 Å². The van der Waals surface area contributed by atoms with E-state index >= 15 is 0 Å². The molecule has 138 valence electrons. The van der Waals surface area contributed by atoms with Gasteiger partial charge in [-0.1, -0.05) is 48.0 Å². The number of hydrogen-bond acceptors (Lipinski definition) is 4. The molecule has 0 atom stereocenters. The Morgan fingerprint density at radius 1 is 1.07 bits per heavy atom. The Balaban J connectivity index is 1.83. The normalized spacial score (nSPS) is 10.5. The first-order valence-electron chi connectivity index (χ1n) is 8.35. The van der Waals surface area contributed by atoms with Gasteiger partial charge in [0.2, 0.25) is 5.91 Å². The Bertz CT molecular complexity index is 1020. The van der Waals surface area contributed by atoms with Crippen LogP contribution in [-0.2, 0) is 11.3 Å². The molecule has 1 aromatic heterocycles. The van der Waals surface area contributed by atoms with Crippen molar-refractivity contribution in [3.05, 3.63) is 76.0 Å². The molecule has 0 radical (unpaired) electrons. The molecule has 0 spiro atoms. The fourth-order valence-corrected chi connectivity index (χ4v) is 3.07. The molecule has 3 rings (SSSR count). The van der Waals surface area contributed by atoms with Gasteiger partial charge in [0.1, 0.15) is 6.54 Å². The second-order valence-corrected chi connectivity index (χ2v) is 6.57. The molecular weight excluding hydrogens is 364 g/mol. The van der Waals surface area contributed by atoms with Crippen LogP contribution in [0.4, 0.5) is 11.4 Å². The van der Waals surface area contributed by atoms with E-state index in [9.17, 15) is 9.59 Å². The largest absolute Gasteiger partial charge is 0.375 e. The predicted octanol–water partition coefficient (Wildman–Crippen LogP) is 3.27. The van der Waals surface area contributed by atoms with E-state index in [2.05, 4.69) is 10.4 Å². The molecule has 0 fully saturated rings. The second kappa shape index (κ2) is 8.05. The van der Waals surface area contributed by atoms with Gasteiger partial charge in [-0.3, -0.25) is 9.59 Å². The van der Waals surface area contributed by atoms with Crippen molar-refractivity contribution in [1.82, 2.24) is 9.78 Å². The molecule has 1 N–H and O–H groups in total. The predicted molar refractivity (Wildman–Crippen MR) is 108 cm³/mol. The zero-order chi connectivity index (χ0) is 19.4. The van der Waals surface area contributed by atoms with Gasteiger partial charge in [0.25, 0.3) is 5.56 Å². The lowest BCUT2D eigenvalue weighted by Gasteiger charge is -2.19. The van der Waals surface area contributed by atoms with Crippen molar-refractivity contribution in [2.45, 2.75) is 6.54 Å². The number of aromatic nitrogens is 2. The van der Waals surface area contributed by atoms with Crippen molar-refractivity contribution in [3.63, 3.8) is 0 Å². The number of para-hydroxylation sites is 1. The van der Waals surface area contributed by atoms with Crippen molar-refractivity contribution in [2.75, 3.05) is 24.3 Å². The maximum absolute atomic E-state index is 12.5. The van der Waals surface area contributed by atoms with Gasteiger partial charge in [-0.05, 0) is 18.2 Å². The van der Waals surface area contributed by atoms with Crippen LogP contribution in [0.25, 0.3) is 11.3 Å². The van der Waals surface area contributed by atoms with Crippen LogP contribution >= 0.6 is 11.6 Å². The number of nitrogens with zero attached hydrogens (tertiary/aromatic N) is 3. The molecule has 0 saturated carbocycles. The number of nitrogens with one attached hydrogen (secondary N) is 1. The number of carbonyl (C=O) groups is 1. The first-order chi connectivity index (χ1) is 13.0. The van der Waals surface area contributed by atoms with Gasteiger partial charge < -0.3 is 10.2 Å². The zero-order valence-electron chi connectivity index (χ0n) is 15.0. The molecule has 6 nitrogen and oxygen atoms in total. The minimum Gasteiger partial charge on any atom is -0.375 e. The SMILES string of the molecule is CN(C)c1c(Cl)cccc1NC(=O)Cn1nc(-c2ccccc2)ccc1=O. The molecule has 27 heavy (non-hydrogen) atoms. The van der Waals surface area contributed by atoms with Crippen LogP contribution in [-0.4, -0.2) is 29.8 Å². The van der Waals surface area contributed by atoms with Crippen molar-refractivity contribution >= 4 is 28.9 Å². The Morgan fingerprint density at radius 3 is 2.52 bits per heavy atom. The van der Waals surface area contributed by atoms with E-state index in [1.54, 1.807) is 24.3 Å². The molecule has 0 aliphatic carbocycles. The summed E-state index contributed by atoms with van der Waals surface area (Å²) in [5.74, 6) is -0.361. The maximum Gasteiger partial charge on any atom is 0.267 e. The molecule has 0 bridgehead atoms. The third-order valence-corrected chi connectivity index (χ3v) is 4.24. The average molecular weight is 383 g/mol. The smallest absolute Gasteiger partial charge is 0.267 e. The Morgan fingerprint density at radius 2 is 1.81 bits per heavy atom. The Kier molecular flexibility index (Phi) is 5.57. The lowest BCUT2D eigenvalue weighted by Crippen LogP contribution is -2.29. The Hall–Kier alpha value is -3.12. The summed E-state index contributed by atoms with van der Waals surface area (Å²) in [6, 6.07) is 17.8. The number of hydrogen-bond donors (Lipinski definition) is 1. The van der Waals surface area contributed by atoms with Gasteiger partial charge in [-0.15, -0.1) is 0 Å². The molecule has 0 aliphatic rings. The van der Waals surface area contributed by atoms with Gasteiger partial charge in [0.15, 0.2) is 0 Å².